The number of ether oxygens (including phenoxy) is 1. The average molecular weight is 401 g/mol. The molecular weight excluding hydrogens is 373 g/mol. The van der Waals surface area contributed by atoms with Gasteiger partial charge in [0.1, 0.15) is 11.6 Å². The van der Waals surface area contributed by atoms with Crippen LogP contribution in [0.15, 0.2) is 28.4 Å². The highest BCUT2D eigenvalue weighted by molar-refractivity contribution is 6.62. The quantitative estimate of drug-likeness (QED) is 0.785. The number of nitrogens with one attached hydrogen (secondary N) is 1. The molecule has 1 N–H and O–H groups in total. The third-order valence-electron chi connectivity index (χ3n) is 5.32. The van der Waals surface area contributed by atoms with Gasteiger partial charge in [0.2, 0.25) is 0 Å². The standard InChI is InChI=1S/C20H28BN3O5/c1-18(2,3)27-17(26)22-11-15-14-10-12(8-9-13(14)16(25)24-23-15)21-28-19(4,5)20(6,7)29-21/h8-10,15H,11H2,1-7H3,(H,22,26). The molecule has 29 heavy (non-hydrogen) atoms. The third kappa shape index (κ3) is 4.51. The number of nitrogens with zero attached hydrogens (tertiary/aromatic N) is 2. The number of carbonyl (C=O) groups excluding carboxylic acids is 2. The Morgan fingerprint density at radius 1 is 1.21 bits per heavy atom. The van der Waals surface area contributed by atoms with Crippen molar-refractivity contribution in [2.75, 3.05) is 6.54 Å². The van der Waals surface area contributed by atoms with Gasteiger partial charge in [0.25, 0.3) is 5.91 Å². The molecule has 1 unspecified atom stereocenters. The SMILES string of the molecule is CC(C)(C)OC(=O)NCC1N=NC(=O)c2ccc(B3OC(C)(C)C(C)(C)O3)cc21. The van der Waals surface area contributed by atoms with E-state index in [0.717, 1.165) is 5.46 Å². The molecule has 0 bridgehead atoms. The van der Waals surface area contributed by atoms with Gasteiger partial charge in [-0.15, -0.1) is 5.11 Å². The maximum atomic E-state index is 12.2. The van der Waals surface area contributed by atoms with Gasteiger partial charge in [0, 0.05) is 12.1 Å². The molecule has 156 valence electrons. The smallest absolute Gasteiger partial charge is 0.444 e. The maximum absolute atomic E-state index is 12.2. The summed E-state index contributed by atoms with van der Waals surface area (Å²) < 4.78 is 17.5. The highest BCUT2D eigenvalue weighted by Crippen LogP contribution is 2.37. The summed E-state index contributed by atoms with van der Waals surface area (Å²) in [5, 5.41) is 10.5. The molecule has 1 aromatic rings. The number of azo groups is 1. The molecule has 2 aliphatic heterocycles. The summed E-state index contributed by atoms with van der Waals surface area (Å²) in [7, 11) is -0.557. The van der Waals surface area contributed by atoms with Crippen LogP contribution in [0.3, 0.4) is 0 Å². The van der Waals surface area contributed by atoms with Crippen LogP contribution in [-0.2, 0) is 14.0 Å². The number of hydrogen-bond donors (Lipinski definition) is 1. The number of carbonyl (C=O) groups is 2. The van der Waals surface area contributed by atoms with E-state index >= 15 is 0 Å². The summed E-state index contributed by atoms with van der Waals surface area (Å²) in [5.41, 5.74) is 0.372. The van der Waals surface area contributed by atoms with E-state index in [-0.39, 0.29) is 6.54 Å². The van der Waals surface area contributed by atoms with E-state index in [1.54, 1.807) is 32.9 Å². The first-order valence-electron chi connectivity index (χ1n) is 9.71. The largest absolute Gasteiger partial charge is 0.494 e. The molecule has 1 atom stereocenters. The Balaban J connectivity index is 1.81. The lowest BCUT2D eigenvalue weighted by atomic mass is 9.77. The Morgan fingerprint density at radius 2 is 1.83 bits per heavy atom. The highest BCUT2D eigenvalue weighted by atomic mass is 16.7. The van der Waals surface area contributed by atoms with E-state index in [9.17, 15) is 9.59 Å². The van der Waals surface area contributed by atoms with Crippen LogP contribution >= 0.6 is 0 Å². The van der Waals surface area contributed by atoms with Gasteiger partial charge < -0.3 is 19.4 Å². The second-order valence-electron chi connectivity index (χ2n) is 9.35. The molecule has 0 saturated carbocycles. The van der Waals surface area contributed by atoms with Crippen molar-refractivity contribution in [1.29, 1.82) is 0 Å². The lowest BCUT2D eigenvalue weighted by Crippen LogP contribution is -2.41. The predicted octanol–water partition coefficient (Wildman–Crippen LogP) is 3.16. The molecule has 8 nitrogen and oxygen atoms in total. The van der Waals surface area contributed by atoms with Gasteiger partial charge >= 0.3 is 13.2 Å². The van der Waals surface area contributed by atoms with Crippen LogP contribution in [0.4, 0.5) is 4.79 Å². The fourth-order valence-electron chi connectivity index (χ4n) is 3.06. The molecule has 0 aliphatic carbocycles. The second kappa shape index (κ2) is 7.21. The zero-order valence-electron chi connectivity index (χ0n) is 18.0. The summed E-state index contributed by atoms with van der Waals surface area (Å²) >= 11 is 0. The highest BCUT2D eigenvalue weighted by Gasteiger charge is 2.51. The Labute approximate surface area is 171 Å². The van der Waals surface area contributed by atoms with Gasteiger partial charge in [-0.3, -0.25) is 4.79 Å². The minimum Gasteiger partial charge on any atom is -0.444 e. The van der Waals surface area contributed by atoms with Gasteiger partial charge in [-0.25, -0.2) is 4.79 Å². The van der Waals surface area contributed by atoms with Crippen molar-refractivity contribution in [3.8, 4) is 0 Å². The normalized spacial score (nSPS) is 22.4. The number of rotatable bonds is 3. The predicted molar refractivity (Wildman–Crippen MR) is 108 cm³/mol. The Bertz CT molecular complexity index is 844. The van der Waals surface area contributed by atoms with Gasteiger partial charge in [0.15, 0.2) is 0 Å². The van der Waals surface area contributed by atoms with Crippen LogP contribution in [0.5, 0.6) is 0 Å². The molecule has 9 heteroatoms. The summed E-state index contributed by atoms with van der Waals surface area (Å²) in [6.07, 6.45) is -0.548. The minimum absolute atomic E-state index is 0.158. The zero-order chi connectivity index (χ0) is 21.6. The van der Waals surface area contributed by atoms with Crippen molar-refractivity contribution in [2.24, 2.45) is 10.2 Å². The van der Waals surface area contributed by atoms with Crippen LogP contribution in [-0.4, -0.2) is 42.5 Å². The van der Waals surface area contributed by atoms with E-state index in [1.807, 2.05) is 33.8 Å². The van der Waals surface area contributed by atoms with E-state index in [2.05, 4.69) is 15.5 Å². The van der Waals surface area contributed by atoms with Crippen LogP contribution in [0.25, 0.3) is 0 Å². The molecule has 0 spiro atoms. The molecule has 0 aromatic heterocycles. The molecule has 3 rings (SSSR count). The summed E-state index contributed by atoms with van der Waals surface area (Å²) in [4.78, 5) is 24.1. The Morgan fingerprint density at radius 3 is 2.41 bits per heavy atom. The molecule has 0 radical (unpaired) electrons. The molecule has 2 heterocycles. The fourth-order valence-corrected chi connectivity index (χ4v) is 3.06. The molecule has 1 fully saturated rings. The lowest BCUT2D eigenvalue weighted by molar-refractivity contribution is 0.00578. The minimum atomic E-state index is -0.601. The van der Waals surface area contributed by atoms with Gasteiger partial charge in [-0.2, -0.15) is 5.11 Å². The third-order valence-corrected chi connectivity index (χ3v) is 5.32. The first-order valence-corrected chi connectivity index (χ1v) is 9.71. The first kappa shape index (κ1) is 21.5. The summed E-state index contributed by atoms with van der Waals surface area (Å²) in [5.74, 6) is -0.408. The first-order chi connectivity index (χ1) is 13.3. The zero-order valence-corrected chi connectivity index (χ0v) is 18.0. The molecule has 2 aliphatic rings. The molecule has 2 amide bonds. The van der Waals surface area contributed by atoms with Crippen LogP contribution in [0, 0.1) is 0 Å². The van der Waals surface area contributed by atoms with E-state index in [1.165, 1.54) is 0 Å². The van der Waals surface area contributed by atoms with Crippen molar-refractivity contribution in [3.63, 3.8) is 0 Å². The number of hydrogen-bond acceptors (Lipinski definition) is 6. The lowest BCUT2D eigenvalue weighted by Gasteiger charge is -2.32. The fraction of sp³-hybridized carbons (Fsp3) is 0.600. The number of amides is 2. The molecule has 1 aromatic carbocycles. The van der Waals surface area contributed by atoms with Crippen molar-refractivity contribution in [1.82, 2.24) is 5.32 Å². The summed E-state index contributed by atoms with van der Waals surface area (Å²) in [6.45, 7) is 13.5. The van der Waals surface area contributed by atoms with Crippen LogP contribution in [0.1, 0.15) is 70.4 Å². The van der Waals surface area contributed by atoms with Crippen molar-refractivity contribution in [2.45, 2.75) is 71.3 Å². The average Bonchev–Trinajstić information content (AvgIpc) is 2.80. The van der Waals surface area contributed by atoms with Crippen molar-refractivity contribution in [3.05, 3.63) is 29.3 Å². The topological polar surface area (TPSA) is 98.6 Å². The van der Waals surface area contributed by atoms with Crippen LogP contribution in [0.2, 0.25) is 0 Å². The van der Waals surface area contributed by atoms with Gasteiger partial charge in [-0.1, -0.05) is 12.1 Å². The molecule has 1 saturated heterocycles. The van der Waals surface area contributed by atoms with E-state index < -0.39 is 42.0 Å². The van der Waals surface area contributed by atoms with Crippen LogP contribution < -0.4 is 10.8 Å². The molecular formula is C20H28BN3O5. The number of alkyl carbamates (subject to hydrolysis) is 1. The number of benzene rings is 1. The van der Waals surface area contributed by atoms with E-state index in [0.29, 0.717) is 11.1 Å². The second-order valence-corrected chi connectivity index (χ2v) is 9.35. The number of fused-ring (bicyclic) bond motifs is 1. The van der Waals surface area contributed by atoms with Crippen molar-refractivity contribution >= 4 is 24.6 Å². The monoisotopic (exact) mass is 401 g/mol. The Hall–Kier alpha value is -2.26. The van der Waals surface area contributed by atoms with Gasteiger partial charge in [-0.05, 0) is 65.6 Å². The Kier molecular flexibility index (Phi) is 5.34. The van der Waals surface area contributed by atoms with Crippen molar-refractivity contribution < 1.29 is 23.6 Å². The van der Waals surface area contributed by atoms with E-state index in [4.69, 9.17) is 14.0 Å². The summed E-state index contributed by atoms with van der Waals surface area (Å²) in [6, 6.07) is 4.85. The maximum Gasteiger partial charge on any atom is 0.494 e. The van der Waals surface area contributed by atoms with Gasteiger partial charge in [0.05, 0.1) is 11.2 Å².